The Labute approximate surface area is 160 Å². The molecule has 3 aromatic rings. The average Bonchev–Trinajstić information content (AvgIpc) is 2.61. The minimum absolute atomic E-state index is 0.0879. The van der Waals surface area contributed by atoms with E-state index >= 15 is 0 Å². The van der Waals surface area contributed by atoms with Crippen LogP contribution in [0.1, 0.15) is 32.4 Å². The summed E-state index contributed by atoms with van der Waals surface area (Å²) in [5.74, 6) is 1.23. The van der Waals surface area contributed by atoms with Crippen LogP contribution in [-0.4, -0.2) is 30.3 Å². The van der Waals surface area contributed by atoms with Crippen LogP contribution in [0.2, 0.25) is 5.28 Å². The molecule has 0 atom stereocenters. The number of thioether (sulfide) groups is 1. The van der Waals surface area contributed by atoms with Crippen molar-refractivity contribution in [3.05, 3.63) is 45.7 Å². The van der Waals surface area contributed by atoms with Gasteiger partial charge >= 0.3 is 0 Å². The summed E-state index contributed by atoms with van der Waals surface area (Å²) in [4.78, 5) is 29.7. The molecule has 0 spiro atoms. The van der Waals surface area contributed by atoms with E-state index in [4.69, 9.17) is 11.6 Å². The van der Waals surface area contributed by atoms with Crippen molar-refractivity contribution < 1.29 is 0 Å². The lowest BCUT2D eigenvalue weighted by atomic mass is 10.3. The molecule has 0 saturated heterocycles. The van der Waals surface area contributed by atoms with E-state index in [1.807, 2.05) is 26.0 Å². The van der Waals surface area contributed by atoms with Crippen LogP contribution in [0.25, 0.3) is 11.2 Å². The lowest BCUT2D eigenvalue weighted by molar-refractivity contribution is 0.593. The zero-order valence-electron chi connectivity index (χ0n) is 14.7. The zero-order chi connectivity index (χ0) is 18.7. The van der Waals surface area contributed by atoms with Gasteiger partial charge in [-0.15, -0.1) is 11.8 Å². The molecule has 0 bridgehead atoms. The Balaban J connectivity index is 1.91. The van der Waals surface area contributed by atoms with Gasteiger partial charge in [0.1, 0.15) is 5.52 Å². The smallest absolute Gasteiger partial charge is 0.295 e. The minimum Gasteiger partial charge on any atom is -0.361 e. The summed E-state index contributed by atoms with van der Waals surface area (Å²) in [5, 5.41) is 4.17. The number of nitrogens with zero attached hydrogens (tertiary/aromatic N) is 5. The van der Waals surface area contributed by atoms with Gasteiger partial charge in [-0.25, -0.2) is 15.0 Å². The fourth-order valence-corrected chi connectivity index (χ4v) is 3.23. The van der Waals surface area contributed by atoms with Crippen LogP contribution in [0, 0.1) is 0 Å². The Morgan fingerprint density at radius 3 is 2.69 bits per heavy atom. The maximum atomic E-state index is 12.8. The van der Waals surface area contributed by atoms with Crippen LogP contribution in [0.15, 0.2) is 34.3 Å². The first-order valence-corrected chi connectivity index (χ1v) is 9.62. The van der Waals surface area contributed by atoms with Gasteiger partial charge in [0.2, 0.25) is 5.28 Å². The highest BCUT2D eigenvalue weighted by atomic mass is 35.5. The second-order valence-electron chi connectivity index (χ2n) is 5.87. The molecule has 0 amide bonds. The van der Waals surface area contributed by atoms with Gasteiger partial charge in [-0.05, 0) is 42.8 Å². The monoisotopic (exact) mass is 390 g/mol. The normalized spacial score (nSPS) is 11.3. The third-order valence-electron chi connectivity index (χ3n) is 3.67. The molecule has 0 fully saturated rings. The average molecular weight is 391 g/mol. The van der Waals surface area contributed by atoms with Crippen LogP contribution < -0.4 is 10.9 Å². The standard InChI is InChI=1S/C17H19ClN6OS/c1-4-26-13-6-5-11(7-19-13)8-20-14-16(25)24(10(2)3)15-12(22-14)9-21-17(18)23-15/h5-7,9-10H,4,8H2,1-3H3,(H,20,22). The molecule has 1 N–H and O–H groups in total. The van der Waals surface area contributed by atoms with Gasteiger partial charge in [0.15, 0.2) is 11.5 Å². The Morgan fingerprint density at radius 1 is 1.23 bits per heavy atom. The number of hydrogen-bond donors (Lipinski definition) is 1. The summed E-state index contributed by atoms with van der Waals surface area (Å²) in [7, 11) is 0. The number of nitrogens with one attached hydrogen (secondary N) is 1. The van der Waals surface area contributed by atoms with Crippen LogP contribution in [0.5, 0.6) is 0 Å². The van der Waals surface area contributed by atoms with Crippen molar-refractivity contribution in [2.24, 2.45) is 0 Å². The highest BCUT2D eigenvalue weighted by Crippen LogP contribution is 2.17. The molecule has 0 saturated carbocycles. The SMILES string of the molecule is CCSc1ccc(CNc2nc3cnc(Cl)nc3n(C(C)C)c2=O)cn1. The third-order valence-corrected chi connectivity index (χ3v) is 4.68. The number of halogens is 1. The fourth-order valence-electron chi connectivity index (χ4n) is 2.51. The van der Waals surface area contributed by atoms with Gasteiger partial charge in [0.25, 0.3) is 5.56 Å². The molecule has 0 aliphatic rings. The summed E-state index contributed by atoms with van der Waals surface area (Å²) in [6, 6.07) is 3.87. The topological polar surface area (TPSA) is 85.6 Å². The highest BCUT2D eigenvalue weighted by Gasteiger charge is 2.15. The molecule has 0 aromatic carbocycles. The van der Waals surface area contributed by atoms with Gasteiger partial charge in [-0.1, -0.05) is 13.0 Å². The fraction of sp³-hybridized carbons (Fsp3) is 0.353. The molecule has 9 heteroatoms. The Morgan fingerprint density at radius 2 is 2.04 bits per heavy atom. The predicted molar refractivity (Wildman–Crippen MR) is 105 cm³/mol. The molecule has 0 unspecified atom stereocenters. The molecule has 3 rings (SSSR count). The Bertz CT molecular complexity index is 973. The van der Waals surface area contributed by atoms with Crippen molar-refractivity contribution in [1.29, 1.82) is 0 Å². The molecule has 0 aliphatic carbocycles. The van der Waals surface area contributed by atoms with Crippen LogP contribution in [0.4, 0.5) is 5.82 Å². The second-order valence-corrected chi connectivity index (χ2v) is 7.49. The van der Waals surface area contributed by atoms with Crippen LogP contribution >= 0.6 is 23.4 Å². The molecule has 136 valence electrons. The summed E-state index contributed by atoms with van der Waals surface area (Å²) in [6.07, 6.45) is 3.32. The largest absolute Gasteiger partial charge is 0.361 e. The van der Waals surface area contributed by atoms with E-state index < -0.39 is 0 Å². The van der Waals surface area contributed by atoms with Crippen molar-refractivity contribution in [3.8, 4) is 0 Å². The van der Waals surface area contributed by atoms with E-state index in [2.05, 4.69) is 32.2 Å². The maximum absolute atomic E-state index is 12.8. The van der Waals surface area contributed by atoms with Gasteiger partial charge in [0, 0.05) is 18.8 Å². The minimum atomic E-state index is -0.242. The van der Waals surface area contributed by atoms with Crippen molar-refractivity contribution in [3.63, 3.8) is 0 Å². The van der Waals surface area contributed by atoms with Gasteiger partial charge < -0.3 is 5.32 Å². The molecule has 3 aromatic heterocycles. The first kappa shape index (κ1) is 18.6. The van der Waals surface area contributed by atoms with Gasteiger partial charge in [-0.3, -0.25) is 9.36 Å². The van der Waals surface area contributed by atoms with E-state index in [0.717, 1.165) is 16.3 Å². The first-order valence-electron chi connectivity index (χ1n) is 8.26. The van der Waals surface area contributed by atoms with E-state index in [-0.39, 0.29) is 22.7 Å². The maximum Gasteiger partial charge on any atom is 0.295 e. The number of rotatable bonds is 6. The van der Waals surface area contributed by atoms with Crippen molar-refractivity contribution in [2.45, 2.75) is 38.4 Å². The van der Waals surface area contributed by atoms with Crippen molar-refractivity contribution in [1.82, 2.24) is 24.5 Å². The van der Waals surface area contributed by atoms with Gasteiger partial charge in [-0.2, -0.15) is 4.98 Å². The summed E-state index contributed by atoms with van der Waals surface area (Å²) < 4.78 is 1.57. The van der Waals surface area contributed by atoms with E-state index in [0.29, 0.717) is 17.7 Å². The number of pyridine rings is 1. The molecule has 0 radical (unpaired) electrons. The van der Waals surface area contributed by atoms with E-state index in [9.17, 15) is 4.79 Å². The summed E-state index contributed by atoms with van der Waals surface area (Å²) in [6.45, 7) is 6.36. The molecule has 0 aliphatic heterocycles. The van der Waals surface area contributed by atoms with Crippen molar-refractivity contribution in [2.75, 3.05) is 11.1 Å². The number of fused-ring (bicyclic) bond motifs is 1. The number of anilines is 1. The quantitative estimate of drug-likeness (QED) is 0.508. The zero-order valence-corrected chi connectivity index (χ0v) is 16.3. The Hall–Kier alpha value is -2.19. The predicted octanol–water partition coefficient (Wildman–Crippen LogP) is 3.54. The van der Waals surface area contributed by atoms with Crippen LogP contribution in [0.3, 0.4) is 0 Å². The van der Waals surface area contributed by atoms with E-state index in [1.165, 1.54) is 6.20 Å². The highest BCUT2D eigenvalue weighted by molar-refractivity contribution is 7.99. The molecular formula is C17H19ClN6OS. The molecular weight excluding hydrogens is 372 g/mol. The van der Waals surface area contributed by atoms with E-state index in [1.54, 1.807) is 22.5 Å². The molecule has 26 heavy (non-hydrogen) atoms. The molecule has 7 nitrogen and oxygen atoms in total. The second kappa shape index (κ2) is 8.01. The summed E-state index contributed by atoms with van der Waals surface area (Å²) >= 11 is 7.56. The lowest BCUT2D eigenvalue weighted by Gasteiger charge is -2.15. The number of hydrogen-bond acceptors (Lipinski definition) is 7. The molecule has 3 heterocycles. The number of aromatic nitrogens is 5. The van der Waals surface area contributed by atoms with Crippen molar-refractivity contribution >= 4 is 40.3 Å². The first-order chi connectivity index (χ1) is 12.5. The Kier molecular flexibility index (Phi) is 5.73. The van der Waals surface area contributed by atoms with Gasteiger partial charge in [0.05, 0.1) is 11.2 Å². The van der Waals surface area contributed by atoms with Crippen LogP contribution in [-0.2, 0) is 6.54 Å². The third kappa shape index (κ3) is 3.96. The summed E-state index contributed by atoms with van der Waals surface area (Å²) in [5.41, 5.74) is 1.67. The lowest BCUT2D eigenvalue weighted by Crippen LogP contribution is -2.27.